The van der Waals surface area contributed by atoms with Gasteiger partial charge in [0.15, 0.2) is 0 Å². The third-order valence-corrected chi connectivity index (χ3v) is 6.19. The number of thioether (sulfide) groups is 1. The summed E-state index contributed by atoms with van der Waals surface area (Å²) in [5.41, 5.74) is 0.923. The Hall–Kier alpha value is -3.01. The van der Waals surface area contributed by atoms with Crippen LogP contribution in [0, 0.1) is 6.92 Å². The maximum atomic E-state index is 12.9. The smallest absolute Gasteiger partial charge is 0.416 e. The lowest BCUT2D eigenvalue weighted by atomic mass is 10.0. The number of alkyl halides is 3. The van der Waals surface area contributed by atoms with Crippen molar-refractivity contribution in [3.8, 4) is 0 Å². The molecule has 170 valence electrons. The Bertz CT molecular complexity index is 1020. The molecule has 2 aromatic rings. The molecule has 0 bridgehead atoms. The van der Waals surface area contributed by atoms with Crippen LogP contribution in [-0.2, 0) is 25.3 Å². The van der Waals surface area contributed by atoms with Crippen LogP contribution in [0.4, 0.5) is 18.9 Å². The van der Waals surface area contributed by atoms with E-state index in [1.807, 2.05) is 19.1 Å². The van der Waals surface area contributed by atoms with Crippen LogP contribution in [0.25, 0.3) is 0 Å². The molecule has 0 saturated carbocycles. The maximum absolute atomic E-state index is 12.9. The summed E-state index contributed by atoms with van der Waals surface area (Å²) < 4.78 is 43.4. The molecule has 2 amide bonds. The van der Waals surface area contributed by atoms with E-state index in [9.17, 15) is 27.6 Å². The molecule has 2 N–H and O–H groups in total. The van der Waals surface area contributed by atoms with Gasteiger partial charge in [-0.25, -0.2) is 0 Å². The highest BCUT2D eigenvalue weighted by molar-refractivity contribution is 8.01. The second kappa shape index (κ2) is 9.64. The van der Waals surface area contributed by atoms with Crippen molar-refractivity contribution < 1.29 is 32.3 Å². The summed E-state index contributed by atoms with van der Waals surface area (Å²) in [6.45, 7) is 1.91. The predicted molar refractivity (Wildman–Crippen MR) is 113 cm³/mol. The van der Waals surface area contributed by atoms with E-state index in [1.165, 1.54) is 13.2 Å². The first-order valence-corrected chi connectivity index (χ1v) is 10.6. The molecule has 0 spiro atoms. The number of nitrogens with one attached hydrogen (secondary N) is 2. The molecule has 0 radical (unpaired) electrons. The molecule has 32 heavy (non-hydrogen) atoms. The topological polar surface area (TPSA) is 84.5 Å². The average Bonchev–Trinajstić information content (AvgIpc) is 2.73. The van der Waals surface area contributed by atoms with E-state index >= 15 is 0 Å². The van der Waals surface area contributed by atoms with E-state index in [0.29, 0.717) is 10.5 Å². The number of hydrogen-bond donors (Lipinski definition) is 2. The summed E-state index contributed by atoms with van der Waals surface area (Å²) >= 11 is 1.02. The first kappa shape index (κ1) is 23.6. The molecule has 2 aromatic carbocycles. The third kappa shape index (κ3) is 5.82. The minimum Gasteiger partial charge on any atom is -0.469 e. The molecule has 3 rings (SSSR count). The van der Waals surface area contributed by atoms with Gasteiger partial charge in [-0.1, -0.05) is 29.8 Å². The number of methoxy groups -OCH3 is 1. The van der Waals surface area contributed by atoms with Crippen LogP contribution in [0.3, 0.4) is 0 Å². The standard InChI is InChI=1S/C22H21F3N2O4S/c1-12-3-5-13(6-4-12)15(10-20(29)31-2)26-19(28)11-18-21(30)27-16-9-14(22(23,24)25)7-8-17(16)32-18/h3-9,15,18H,10-11H2,1-2H3,(H,26,28)(H,27,30). The van der Waals surface area contributed by atoms with Gasteiger partial charge >= 0.3 is 12.1 Å². The number of ether oxygens (including phenoxy) is 1. The molecular weight excluding hydrogens is 445 g/mol. The fourth-order valence-electron chi connectivity index (χ4n) is 3.18. The molecular formula is C22H21F3N2O4S. The first-order chi connectivity index (χ1) is 15.1. The molecule has 0 aliphatic carbocycles. The predicted octanol–water partition coefficient (Wildman–Crippen LogP) is 4.24. The van der Waals surface area contributed by atoms with Crippen molar-refractivity contribution >= 4 is 35.2 Å². The molecule has 1 heterocycles. The lowest BCUT2D eigenvalue weighted by Crippen LogP contribution is -2.37. The number of fused-ring (bicyclic) bond motifs is 1. The monoisotopic (exact) mass is 466 g/mol. The second-order valence-corrected chi connectivity index (χ2v) is 8.56. The Kier molecular flexibility index (Phi) is 7.12. The van der Waals surface area contributed by atoms with Gasteiger partial charge < -0.3 is 15.4 Å². The van der Waals surface area contributed by atoms with E-state index in [1.54, 1.807) is 12.1 Å². The van der Waals surface area contributed by atoms with Gasteiger partial charge in [-0.3, -0.25) is 14.4 Å². The third-order valence-electron chi connectivity index (χ3n) is 4.91. The fourth-order valence-corrected chi connectivity index (χ4v) is 4.27. The second-order valence-electron chi connectivity index (χ2n) is 7.32. The van der Waals surface area contributed by atoms with Crippen molar-refractivity contribution in [3.63, 3.8) is 0 Å². The molecule has 6 nitrogen and oxygen atoms in total. The summed E-state index contributed by atoms with van der Waals surface area (Å²) in [5.74, 6) is -1.53. The van der Waals surface area contributed by atoms with Crippen molar-refractivity contribution in [1.29, 1.82) is 0 Å². The molecule has 1 aliphatic heterocycles. The highest BCUT2D eigenvalue weighted by atomic mass is 32.2. The van der Waals surface area contributed by atoms with Crippen LogP contribution in [0.5, 0.6) is 0 Å². The summed E-state index contributed by atoms with van der Waals surface area (Å²) in [6.07, 6.45) is -4.81. The van der Waals surface area contributed by atoms with Gasteiger partial charge in [-0.2, -0.15) is 13.2 Å². The lowest BCUT2D eigenvalue weighted by Gasteiger charge is -2.25. The van der Waals surface area contributed by atoms with Crippen molar-refractivity contribution in [3.05, 3.63) is 59.2 Å². The number of anilines is 1. The molecule has 0 saturated heterocycles. The average molecular weight is 466 g/mol. The fraction of sp³-hybridized carbons (Fsp3) is 0.318. The SMILES string of the molecule is COC(=O)CC(NC(=O)CC1Sc2ccc(C(F)(F)F)cc2NC1=O)c1ccc(C)cc1. The molecule has 10 heteroatoms. The molecule has 1 aliphatic rings. The van der Waals surface area contributed by atoms with Crippen LogP contribution < -0.4 is 10.6 Å². The Morgan fingerprint density at radius 3 is 2.50 bits per heavy atom. The van der Waals surface area contributed by atoms with E-state index in [2.05, 4.69) is 10.6 Å². The van der Waals surface area contributed by atoms with Crippen molar-refractivity contribution in [2.75, 3.05) is 12.4 Å². The zero-order chi connectivity index (χ0) is 23.5. The number of hydrogen-bond acceptors (Lipinski definition) is 5. The van der Waals surface area contributed by atoms with Crippen molar-refractivity contribution in [2.24, 2.45) is 0 Å². The van der Waals surface area contributed by atoms with Gasteiger partial charge in [0, 0.05) is 11.3 Å². The summed E-state index contributed by atoms with van der Waals surface area (Å²) in [5, 5.41) is 4.38. The Labute approximate surface area is 186 Å². The molecule has 0 fully saturated rings. The molecule has 2 atom stereocenters. The number of aryl methyl sites for hydroxylation is 1. The normalized spacial score (nSPS) is 16.5. The number of carbonyl (C=O) groups excluding carboxylic acids is 3. The van der Waals surface area contributed by atoms with E-state index in [4.69, 9.17) is 4.74 Å². The number of rotatable bonds is 6. The van der Waals surface area contributed by atoms with Crippen LogP contribution >= 0.6 is 11.8 Å². The first-order valence-electron chi connectivity index (χ1n) is 9.68. The van der Waals surface area contributed by atoms with Crippen molar-refractivity contribution in [2.45, 2.75) is 42.1 Å². The largest absolute Gasteiger partial charge is 0.469 e. The Morgan fingerprint density at radius 2 is 1.88 bits per heavy atom. The van der Waals surface area contributed by atoms with Gasteiger partial charge in [0.25, 0.3) is 0 Å². The van der Waals surface area contributed by atoms with Gasteiger partial charge in [-0.05, 0) is 30.7 Å². The zero-order valence-electron chi connectivity index (χ0n) is 17.3. The summed E-state index contributed by atoms with van der Waals surface area (Å²) in [6, 6.07) is 9.72. The van der Waals surface area contributed by atoms with Crippen LogP contribution in [0.15, 0.2) is 47.4 Å². The van der Waals surface area contributed by atoms with E-state index in [-0.39, 0.29) is 18.5 Å². The number of benzene rings is 2. The quantitative estimate of drug-likeness (QED) is 0.623. The zero-order valence-corrected chi connectivity index (χ0v) is 18.1. The Morgan fingerprint density at radius 1 is 1.19 bits per heavy atom. The van der Waals surface area contributed by atoms with Gasteiger partial charge in [0.2, 0.25) is 11.8 Å². The maximum Gasteiger partial charge on any atom is 0.416 e. The van der Waals surface area contributed by atoms with Crippen molar-refractivity contribution in [1.82, 2.24) is 5.32 Å². The summed E-state index contributed by atoms with van der Waals surface area (Å²) in [7, 11) is 1.25. The number of carbonyl (C=O) groups is 3. The van der Waals surface area contributed by atoms with Crippen LogP contribution in [0.2, 0.25) is 0 Å². The number of esters is 1. The lowest BCUT2D eigenvalue weighted by molar-refractivity contribution is -0.141. The minimum atomic E-state index is -4.52. The number of halogens is 3. The van der Waals surface area contributed by atoms with Gasteiger partial charge in [0.1, 0.15) is 0 Å². The molecule has 0 aromatic heterocycles. The highest BCUT2D eigenvalue weighted by Crippen LogP contribution is 2.40. The molecule has 2 unspecified atom stereocenters. The summed E-state index contributed by atoms with van der Waals surface area (Å²) in [4.78, 5) is 37.3. The van der Waals surface area contributed by atoms with E-state index < -0.39 is 40.8 Å². The van der Waals surface area contributed by atoms with Gasteiger partial charge in [-0.15, -0.1) is 11.8 Å². The van der Waals surface area contributed by atoms with Crippen LogP contribution in [0.1, 0.15) is 35.6 Å². The minimum absolute atomic E-state index is 0.0645. The van der Waals surface area contributed by atoms with E-state index in [0.717, 1.165) is 29.5 Å². The van der Waals surface area contributed by atoms with Gasteiger partial charge in [0.05, 0.1) is 36.1 Å². The van der Waals surface area contributed by atoms with Crippen LogP contribution in [-0.4, -0.2) is 30.1 Å². The Balaban J connectivity index is 1.70. The number of amides is 2. The highest BCUT2D eigenvalue weighted by Gasteiger charge is 2.34.